The van der Waals surface area contributed by atoms with Crippen molar-refractivity contribution < 1.29 is 19.7 Å². The second-order valence-electron chi connectivity index (χ2n) is 2.73. The van der Waals surface area contributed by atoms with Gasteiger partial charge in [-0.05, 0) is 0 Å². The lowest BCUT2D eigenvalue weighted by atomic mass is 10.1. The molecule has 1 aliphatic rings. The molecule has 0 saturated carbocycles. The molecule has 0 spiro atoms. The van der Waals surface area contributed by atoms with E-state index in [9.17, 15) is 5.11 Å². The van der Waals surface area contributed by atoms with Crippen LogP contribution in [0.25, 0.3) is 0 Å². The third kappa shape index (κ3) is 2.41. The smallest absolute Gasteiger partial charge is 0.160 e. The number of aliphatic hydroxyl groups excluding tert-OH is 2. The van der Waals surface area contributed by atoms with Crippen LogP contribution in [0.15, 0.2) is 0 Å². The van der Waals surface area contributed by atoms with E-state index in [-0.39, 0.29) is 19.0 Å². The van der Waals surface area contributed by atoms with Gasteiger partial charge >= 0.3 is 0 Å². The van der Waals surface area contributed by atoms with Crippen LogP contribution in [0.4, 0.5) is 0 Å². The maximum absolute atomic E-state index is 9.24. The monoisotopic (exact) mass is 162 g/mol. The van der Waals surface area contributed by atoms with Gasteiger partial charge in [-0.25, -0.2) is 0 Å². The van der Waals surface area contributed by atoms with E-state index < -0.39 is 6.10 Å². The maximum atomic E-state index is 9.24. The first-order chi connectivity index (χ1) is 5.26. The second kappa shape index (κ2) is 4.01. The summed E-state index contributed by atoms with van der Waals surface area (Å²) >= 11 is 0. The van der Waals surface area contributed by atoms with Crippen LogP contribution in [-0.2, 0) is 9.47 Å². The van der Waals surface area contributed by atoms with E-state index in [1.807, 2.05) is 0 Å². The Morgan fingerprint density at radius 2 is 2.27 bits per heavy atom. The van der Waals surface area contributed by atoms with Gasteiger partial charge in [0.05, 0.1) is 18.8 Å². The summed E-state index contributed by atoms with van der Waals surface area (Å²) in [6, 6.07) is 0. The van der Waals surface area contributed by atoms with Gasteiger partial charge in [0, 0.05) is 20.0 Å². The molecule has 1 unspecified atom stereocenters. The summed E-state index contributed by atoms with van der Waals surface area (Å²) in [7, 11) is 1.52. The molecule has 0 aromatic heterocycles. The Hall–Kier alpha value is -0.160. The molecule has 3 atom stereocenters. The number of methoxy groups -OCH3 is 1. The van der Waals surface area contributed by atoms with E-state index in [0.717, 1.165) is 0 Å². The fourth-order valence-electron chi connectivity index (χ4n) is 1.22. The Kier molecular flexibility index (Phi) is 3.26. The highest BCUT2D eigenvalue weighted by Gasteiger charge is 2.27. The van der Waals surface area contributed by atoms with E-state index in [1.165, 1.54) is 7.11 Å². The lowest BCUT2D eigenvalue weighted by Crippen LogP contribution is -2.38. The number of hydrogen-bond donors (Lipinski definition) is 2. The minimum atomic E-state index is -0.411. The summed E-state index contributed by atoms with van der Waals surface area (Å²) in [5.74, 6) is 0. The average molecular weight is 162 g/mol. The van der Waals surface area contributed by atoms with Gasteiger partial charge in [0.25, 0.3) is 0 Å². The van der Waals surface area contributed by atoms with Crippen LogP contribution < -0.4 is 0 Å². The van der Waals surface area contributed by atoms with Gasteiger partial charge in [0.2, 0.25) is 0 Å². The lowest BCUT2D eigenvalue weighted by Gasteiger charge is -2.30. The quantitative estimate of drug-likeness (QED) is 0.574. The fraction of sp³-hybridized carbons (Fsp3) is 1.00. The molecule has 0 aromatic rings. The highest BCUT2D eigenvalue weighted by molar-refractivity contribution is 4.72. The molecule has 1 saturated heterocycles. The van der Waals surface area contributed by atoms with Crippen molar-refractivity contribution in [1.29, 1.82) is 0 Å². The molecule has 0 aromatic carbocycles. The summed E-state index contributed by atoms with van der Waals surface area (Å²) in [4.78, 5) is 0. The summed E-state index contributed by atoms with van der Waals surface area (Å²) in [6.07, 6.45) is -0.0611. The van der Waals surface area contributed by atoms with Gasteiger partial charge in [-0.3, -0.25) is 0 Å². The van der Waals surface area contributed by atoms with Crippen molar-refractivity contribution in [2.45, 2.75) is 31.3 Å². The predicted molar refractivity (Wildman–Crippen MR) is 38.0 cm³/mol. The number of ether oxygens (including phenoxy) is 2. The van der Waals surface area contributed by atoms with Gasteiger partial charge < -0.3 is 19.7 Å². The van der Waals surface area contributed by atoms with Gasteiger partial charge in [0.15, 0.2) is 6.29 Å². The van der Waals surface area contributed by atoms with Crippen molar-refractivity contribution in [3.8, 4) is 0 Å². The Labute approximate surface area is 65.7 Å². The minimum absolute atomic E-state index is 0.0586. The highest BCUT2D eigenvalue weighted by atomic mass is 16.7. The summed E-state index contributed by atoms with van der Waals surface area (Å²) in [6.45, 7) is -0.0586. The van der Waals surface area contributed by atoms with Gasteiger partial charge in [-0.15, -0.1) is 0 Å². The van der Waals surface area contributed by atoms with Crippen molar-refractivity contribution in [2.24, 2.45) is 0 Å². The Morgan fingerprint density at radius 1 is 1.55 bits per heavy atom. The SMILES string of the molecule is COC1C[C@@H](O)C[C@@H](CO)O1. The molecule has 0 bridgehead atoms. The van der Waals surface area contributed by atoms with Crippen molar-refractivity contribution in [3.63, 3.8) is 0 Å². The van der Waals surface area contributed by atoms with E-state index in [2.05, 4.69) is 0 Å². The van der Waals surface area contributed by atoms with Gasteiger partial charge in [0.1, 0.15) is 0 Å². The third-order valence-corrected chi connectivity index (χ3v) is 1.81. The topological polar surface area (TPSA) is 58.9 Å². The molecule has 1 rings (SSSR count). The molecular weight excluding hydrogens is 148 g/mol. The average Bonchev–Trinajstić information content (AvgIpc) is 2.03. The van der Waals surface area contributed by atoms with Crippen LogP contribution in [0.2, 0.25) is 0 Å². The van der Waals surface area contributed by atoms with Crippen molar-refractivity contribution in [3.05, 3.63) is 0 Å². The minimum Gasteiger partial charge on any atom is -0.394 e. The first-order valence-electron chi connectivity index (χ1n) is 3.73. The van der Waals surface area contributed by atoms with E-state index in [1.54, 1.807) is 0 Å². The first kappa shape index (κ1) is 8.93. The Morgan fingerprint density at radius 3 is 2.82 bits per heavy atom. The van der Waals surface area contributed by atoms with Crippen LogP contribution in [-0.4, -0.2) is 42.4 Å². The summed E-state index contributed by atoms with van der Waals surface area (Å²) in [5, 5.41) is 18.0. The maximum Gasteiger partial charge on any atom is 0.160 e. The number of hydrogen-bond acceptors (Lipinski definition) is 4. The molecule has 2 N–H and O–H groups in total. The molecule has 0 amide bonds. The zero-order valence-corrected chi connectivity index (χ0v) is 6.56. The van der Waals surface area contributed by atoms with Crippen molar-refractivity contribution in [1.82, 2.24) is 0 Å². The molecule has 1 aliphatic heterocycles. The molecule has 4 nitrogen and oxygen atoms in total. The van der Waals surface area contributed by atoms with Crippen LogP contribution in [0.3, 0.4) is 0 Å². The standard InChI is InChI=1S/C7H14O4/c1-10-7-3-5(9)2-6(4-8)11-7/h5-9H,2-4H2,1H3/t5-,6-,7?/m0/s1. The number of rotatable bonds is 2. The Balaban J connectivity index is 2.37. The lowest BCUT2D eigenvalue weighted by molar-refractivity contribution is -0.210. The second-order valence-corrected chi connectivity index (χ2v) is 2.73. The van der Waals surface area contributed by atoms with Crippen LogP contribution in [0.5, 0.6) is 0 Å². The molecule has 66 valence electrons. The van der Waals surface area contributed by atoms with E-state index in [0.29, 0.717) is 12.8 Å². The first-order valence-corrected chi connectivity index (χ1v) is 3.73. The fourth-order valence-corrected chi connectivity index (χ4v) is 1.22. The molecule has 11 heavy (non-hydrogen) atoms. The largest absolute Gasteiger partial charge is 0.394 e. The molecule has 0 radical (unpaired) electrons. The van der Waals surface area contributed by atoms with Crippen molar-refractivity contribution in [2.75, 3.05) is 13.7 Å². The Bertz CT molecular complexity index is 105. The van der Waals surface area contributed by atoms with Crippen LogP contribution in [0, 0.1) is 0 Å². The summed E-state index contributed by atoms with van der Waals surface area (Å²) < 4.78 is 10.1. The molecule has 4 heteroatoms. The van der Waals surface area contributed by atoms with Gasteiger partial charge in [-0.1, -0.05) is 0 Å². The summed E-state index contributed by atoms with van der Waals surface area (Å²) in [5.41, 5.74) is 0. The highest BCUT2D eigenvalue weighted by Crippen LogP contribution is 2.19. The molecule has 1 heterocycles. The third-order valence-electron chi connectivity index (χ3n) is 1.81. The molecule has 1 fully saturated rings. The van der Waals surface area contributed by atoms with E-state index >= 15 is 0 Å². The van der Waals surface area contributed by atoms with Gasteiger partial charge in [-0.2, -0.15) is 0 Å². The van der Waals surface area contributed by atoms with Crippen LogP contribution >= 0.6 is 0 Å². The normalized spacial score (nSPS) is 39.0. The molecule has 0 aliphatic carbocycles. The molecular formula is C7H14O4. The van der Waals surface area contributed by atoms with Crippen molar-refractivity contribution >= 4 is 0 Å². The van der Waals surface area contributed by atoms with Crippen LogP contribution in [0.1, 0.15) is 12.8 Å². The zero-order valence-electron chi connectivity index (χ0n) is 6.56. The number of aliphatic hydroxyl groups is 2. The van der Waals surface area contributed by atoms with E-state index in [4.69, 9.17) is 14.6 Å². The predicted octanol–water partition coefficient (Wildman–Crippen LogP) is -0.509. The zero-order chi connectivity index (χ0) is 8.27.